The summed E-state index contributed by atoms with van der Waals surface area (Å²) >= 11 is 0. The van der Waals surface area contributed by atoms with E-state index in [0.29, 0.717) is 22.4 Å². The lowest BCUT2D eigenvalue weighted by molar-refractivity contribution is -0.140. The molecule has 0 aliphatic carbocycles. The molecule has 0 atom stereocenters. The van der Waals surface area contributed by atoms with Gasteiger partial charge in [-0.05, 0) is 48.7 Å². The number of aryl methyl sites for hydroxylation is 1. The van der Waals surface area contributed by atoms with Crippen LogP contribution in [0.1, 0.15) is 18.1 Å². The number of hydrogen-bond donors (Lipinski definition) is 1. The van der Waals surface area contributed by atoms with E-state index < -0.39 is 5.97 Å². The van der Waals surface area contributed by atoms with Crippen molar-refractivity contribution in [1.29, 1.82) is 0 Å². The minimum absolute atomic E-state index is 0.0590. The van der Waals surface area contributed by atoms with Crippen molar-refractivity contribution in [3.8, 4) is 28.0 Å². The summed E-state index contributed by atoms with van der Waals surface area (Å²) in [7, 11) is 0. The minimum Gasteiger partial charge on any atom is -0.491 e. The lowest BCUT2D eigenvalue weighted by Crippen LogP contribution is -2.07. The molecule has 0 bridgehead atoms. The van der Waals surface area contributed by atoms with E-state index in [1.807, 2.05) is 37.3 Å². The summed E-state index contributed by atoms with van der Waals surface area (Å²) in [5.41, 5.74) is 4.71. The van der Waals surface area contributed by atoms with Gasteiger partial charge in [-0.1, -0.05) is 54.6 Å². The van der Waals surface area contributed by atoms with Crippen molar-refractivity contribution >= 4 is 5.97 Å². The van der Waals surface area contributed by atoms with Gasteiger partial charge in [-0.2, -0.15) is 0 Å². The number of aliphatic hydroxyl groups excluding tert-OH is 1. The van der Waals surface area contributed by atoms with Crippen molar-refractivity contribution < 1.29 is 23.8 Å². The highest BCUT2D eigenvalue weighted by Gasteiger charge is 2.15. The first-order valence-electron chi connectivity index (χ1n) is 9.95. The number of aliphatic hydroxyl groups is 1. The van der Waals surface area contributed by atoms with Crippen LogP contribution in [-0.2, 0) is 16.1 Å². The van der Waals surface area contributed by atoms with Gasteiger partial charge in [-0.15, -0.1) is 0 Å². The van der Waals surface area contributed by atoms with Gasteiger partial charge in [0.05, 0.1) is 6.61 Å². The van der Waals surface area contributed by atoms with Gasteiger partial charge in [0, 0.05) is 16.7 Å². The summed E-state index contributed by atoms with van der Waals surface area (Å²) in [6.45, 7) is 7.09. The molecule has 4 nitrogen and oxygen atoms in total. The first kappa shape index (κ1) is 22.2. The Morgan fingerprint density at radius 2 is 1.68 bits per heavy atom. The number of halogens is 1. The molecule has 0 fully saturated rings. The Balaban J connectivity index is 1.96. The molecular weight excluding hydrogens is 395 g/mol. The van der Waals surface area contributed by atoms with Crippen molar-refractivity contribution in [1.82, 2.24) is 0 Å². The van der Waals surface area contributed by atoms with Gasteiger partial charge >= 0.3 is 5.97 Å². The third kappa shape index (κ3) is 5.58. The topological polar surface area (TPSA) is 55.8 Å². The fourth-order valence-electron chi connectivity index (χ4n) is 3.13. The van der Waals surface area contributed by atoms with Crippen molar-refractivity contribution in [3.05, 3.63) is 89.8 Å². The first-order valence-corrected chi connectivity index (χ1v) is 9.95. The molecule has 31 heavy (non-hydrogen) atoms. The molecule has 0 heterocycles. The average Bonchev–Trinajstić information content (AvgIpc) is 2.76. The fourth-order valence-corrected chi connectivity index (χ4v) is 3.13. The van der Waals surface area contributed by atoms with E-state index in [-0.39, 0.29) is 31.2 Å². The maximum Gasteiger partial charge on any atom is 0.333 e. The second-order valence-corrected chi connectivity index (χ2v) is 7.31. The molecule has 0 unspecified atom stereocenters. The smallest absolute Gasteiger partial charge is 0.333 e. The molecule has 3 aromatic carbocycles. The Morgan fingerprint density at radius 1 is 1.00 bits per heavy atom. The van der Waals surface area contributed by atoms with Crippen molar-refractivity contribution in [2.45, 2.75) is 20.5 Å². The molecule has 160 valence electrons. The van der Waals surface area contributed by atoms with Crippen LogP contribution in [0.15, 0.2) is 72.8 Å². The zero-order chi connectivity index (χ0) is 22.4. The highest BCUT2D eigenvalue weighted by Crippen LogP contribution is 2.33. The second kappa shape index (κ2) is 10.0. The molecule has 3 aromatic rings. The zero-order valence-electron chi connectivity index (χ0n) is 17.7. The molecule has 0 saturated carbocycles. The third-order valence-corrected chi connectivity index (χ3v) is 4.79. The fraction of sp³-hybridized carbons (Fsp3) is 0.192. The number of esters is 1. The van der Waals surface area contributed by atoms with Crippen molar-refractivity contribution in [3.63, 3.8) is 0 Å². The van der Waals surface area contributed by atoms with E-state index in [0.717, 1.165) is 16.7 Å². The van der Waals surface area contributed by atoms with Gasteiger partial charge in [0.15, 0.2) is 0 Å². The number of ether oxygens (including phenoxy) is 2. The Hall–Kier alpha value is -3.44. The van der Waals surface area contributed by atoms with Crippen LogP contribution in [0.25, 0.3) is 22.3 Å². The highest BCUT2D eigenvalue weighted by atomic mass is 19.1. The van der Waals surface area contributed by atoms with Crippen molar-refractivity contribution in [2.75, 3.05) is 13.2 Å². The molecule has 0 aliphatic heterocycles. The molecule has 0 radical (unpaired) electrons. The van der Waals surface area contributed by atoms with E-state index in [1.54, 1.807) is 31.2 Å². The highest BCUT2D eigenvalue weighted by molar-refractivity contribution is 5.87. The van der Waals surface area contributed by atoms with Crippen LogP contribution >= 0.6 is 0 Å². The SMILES string of the molecule is C=C(C)C(=O)OCc1cc(OCCO)ccc1-c1ccc(-c2ccc(C)cc2)cc1F. The number of carbonyl (C=O) groups excluding carboxylic acids is 1. The normalized spacial score (nSPS) is 10.6. The van der Waals surface area contributed by atoms with Crippen LogP contribution in [0.4, 0.5) is 4.39 Å². The molecule has 0 aliphatic rings. The van der Waals surface area contributed by atoms with E-state index in [4.69, 9.17) is 14.6 Å². The summed E-state index contributed by atoms with van der Waals surface area (Å²) in [6.07, 6.45) is 0. The van der Waals surface area contributed by atoms with Crippen LogP contribution < -0.4 is 4.74 Å². The Bertz CT molecular complexity index is 1090. The third-order valence-electron chi connectivity index (χ3n) is 4.79. The molecule has 5 heteroatoms. The monoisotopic (exact) mass is 420 g/mol. The van der Waals surface area contributed by atoms with Crippen LogP contribution in [0, 0.1) is 12.7 Å². The minimum atomic E-state index is -0.525. The molecule has 1 N–H and O–H groups in total. The van der Waals surface area contributed by atoms with Gasteiger partial charge in [-0.3, -0.25) is 0 Å². The number of carbonyl (C=O) groups is 1. The van der Waals surface area contributed by atoms with Crippen LogP contribution in [-0.4, -0.2) is 24.3 Å². The summed E-state index contributed by atoms with van der Waals surface area (Å²) < 4.78 is 25.9. The molecule has 0 spiro atoms. The summed E-state index contributed by atoms with van der Waals surface area (Å²) in [5.74, 6) is -0.409. The van der Waals surface area contributed by atoms with E-state index in [1.165, 1.54) is 6.07 Å². The largest absolute Gasteiger partial charge is 0.491 e. The Morgan fingerprint density at radius 3 is 2.32 bits per heavy atom. The van der Waals surface area contributed by atoms with Gasteiger partial charge in [0.1, 0.15) is 24.8 Å². The van der Waals surface area contributed by atoms with E-state index in [2.05, 4.69) is 6.58 Å². The Labute approximate surface area is 181 Å². The molecule has 0 amide bonds. The van der Waals surface area contributed by atoms with Crippen LogP contribution in [0.5, 0.6) is 5.75 Å². The maximum absolute atomic E-state index is 15.1. The first-order chi connectivity index (χ1) is 14.9. The zero-order valence-corrected chi connectivity index (χ0v) is 17.7. The standard InChI is InChI=1S/C26H25FO4/c1-17(2)26(29)31-16-21-14-22(30-13-12-28)9-11-23(21)24-10-8-20(15-25(24)27)19-6-4-18(3)5-7-19/h4-11,14-15,28H,1,12-13,16H2,2-3H3. The number of rotatable bonds is 8. The molecule has 0 saturated heterocycles. The molecular formula is C26H25FO4. The van der Waals surface area contributed by atoms with E-state index in [9.17, 15) is 4.79 Å². The quantitative estimate of drug-likeness (QED) is 0.388. The molecule has 0 aromatic heterocycles. The second-order valence-electron chi connectivity index (χ2n) is 7.31. The lowest BCUT2D eigenvalue weighted by Gasteiger charge is -2.15. The predicted octanol–water partition coefficient (Wildman–Crippen LogP) is 5.46. The predicted molar refractivity (Wildman–Crippen MR) is 119 cm³/mol. The van der Waals surface area contributed by atoms with Gasteiger partial charge in [0.25, 0.3) is 0 Å². The maximum atomic E-state index is 15.1. The van der Waals surface area contributed by atoms with Crippen molar-refractivity contribution in [2.24, 2.45) is 0 Å². The summed E-state index contributed by atoms with van der Waals surface area (Å²) in [6, 6.07) is 18.1. The lowest BCUT2D eigenvalue weighted by atomic mass is 9.96. The van der Waals surface area contributed by atoms with E-state index >= 15 is 4.39 Å². The van der Waals surface area contributed by atoms with Gasteiger partial charge in [-0.25, -0.2) is 9.18 Å². The summed E-state index contributed by atoms with van der Waals surface area (Å²) in [5, 5.41) is 8.98. The molecule has 3 rings (SSSR count). The average molecular weight is 420 g/mol. The summed E-state index contributed by atoms with van der Waals surface area (Å²) in [4.78, 5) is 11.9. The number of hydrogen-bond acceptors (Lipinski definition) is 4. The van der Waals surface area contributed by atoms with Gasteiger partial charge < -0.3 is 14.6 Å². The van der Waals surface area contributed by atoms with Gasteiger partial charge in [0.2, 0.25) is 0 Å². The number of benzene rings is 3. The van der Waals surface area contributed by atoms with Crippen LogP contribution in [0.3, 0.4) is 0 Å². The Kier molecular flexibility index (Phi) is 7.21. The van der Waals surface area contributed by atoms with Crippen LogP contribution in [0.2, 0.25) is 0 Å².